The van der Waals surface area contributed by atoms with E-state index >= 15 is 0 Å². The van der Waals surface area contributed by atoms with Gasteiger partial charge >= 0.3 is 0 Å². The smallest absolute Gasteiger partial charge is 0.244 e. The molecule has 4 nitrogen and oxygen atoms in total. The summed E-state index contributed by atoms with van der Waals surface area (Å²) in [5.41, 5.74) is 0.959. The van der Waals surface area contributed by atoms with Crippen LogP contribution in [-0.4, -0.2) is 28.8 Å². The van der Waals surface area contributed by atoms with Crippen LogP contribution in [0.1, 0.15) is 17.2 Å². The fraction of sp³-hybridized carbons (Fsp3) is 0.136. The minimum Gasteiger partial charge on any atom is -0.394 e. The quantitative estimate of drug-likeness (QED) is 0.588. The summed E-state index contributed by atoms with van der Waals surface area (Å²) in [6.45, 7) is -0.505. The van der Waals surface area contributed by atoms with Gasteiger partial charge in [-0.1, -0.05) is 54.6 Å². The number of rotatable bonds is 6. The molecule has 0 aliphatic rings. The highest BCUT2D eigenvalue weighted by atomic mass is 19.1. The molecule has 0 bridgehead atoms. The second kappa shape index (κ2) is 8.58. The van der Waals surface area contributed by atoms with Crippen molar-refractivity contribution in [3.05, 3.63) is 89.8 Å². The number of benzene rings is 3. The molecule has 5 heteroatoms. The van der Waals surface area contributed by atoms with Crippen LogP contribution in [0.3, 0.4) is 0 Å². The molecule has 138 valence electrons. The standard InChI is InChI=1S/C22H20FNO3/c23-19-8-4-3-6-16(19)11-12-21(27)24-22(20(26)14-25)18-10-9-15-5-1-2-7-17(15)13-18/h1-13,20,22,25-26H,14H2,(H,24,27)/b12-11-. The highest BCUT2D eigenvalue weighted by Crippen LogP contribution is 2.23. The Morgan fingerprint density at radius 1 is 1.04 bits per heavy atom. The Morgan fingerprint density at radius 2 is 1.74 bits per heavy atom. The number of carbonyl (C=O) groups excluding carboxylic acids is 1. The van der Waals surface area contributed by atoms with Crippen molar-refractivity contribution in [1.29, 1.82) is 0 Å². The van der Waals surface area contributed by atoms with E-state index in [0.29, 0.717) is 5.56 Å². The third-order valence-corrected chi connectivity index (χ3v) is 4.32. The first-order valence-electron chi connectivity index (χ1n) is 8.59. The molecule has 0 saturated heterocycles. The number of halogens is 1. The van der Waals surface area contributed by atoms with Crippen molar-refractivity contribution < 1.29 is 19.4 Å². The number of hydrogen-bond donors (Lipinski definition) is 3. The molecule has 2 unspecified atom stereocenters. The van der Waals surface area contributed by atoms with Crippen LogP contribution >= 0.6 is 0 Å². The van der Waals surface area contributed by atoms with Gasteiger partial charge in [-0.2, -0.15) is 0 Å². The average Bonchev–Trinajstić information content (AvgIpc) is 2.70. The van der Waals surface area contributed by atoms with Gasteiger partial charge in [0.05, 0.1) is 12.6 Å². The van der Waals surface area contributed by atoms with E-state index < -0.39 is 30.5 Å². The first-order valence-corrected chi connectivity index (χ1v) is 8.59. The van der Waals surface area contributed by atoms with Crippen LogP contribution in [0, 0.1) is 5.82 Å². The fourth-order valence-electron chi connectivity index (χ4n) is 2.89. The number of fused-ring (bicyclic) bond motifs is 1. The highest BCUT2D eigenvalue weighted by Gasteiger charge is 2.22. The molecule has 3 aromatic carbocycles. The van der Waals surface area contributed by atoms with Crippen molar-refractivity contribution in [2.75, 3.05) is 6.61 Å². The number of aliphatic hydroxyl groups excluding tert-OH is 2. The zero-order valence-corrected chi connectivity index (χ0v) is 14.5. The second-order valence-electron chi connectivity index (χ2n) is 6.20. The average molecular weight is 365 g/mol. The molecule has 3 aromatic rings. The lowest BCUT2D eigenvalue weighted by Crippen LogP contribution is -2.37. The Bertz CT molecular complexity index is 970. The molecule has 0 saturated carbocycles. The minimum atomic E-state index is -1.17. The normalized spacial score (nSPS) is 13.6. The summed E-state index contributed by atoms with van der Waals surface area (Å²) < 4.78 is 13.6. The molecule has 3 rings (SSSR count). The Kier molecular flexibility index (Phi) is 5.96. The molecule has 0 radical (unpaired) electrons. The van der Waals surface area contributed by atoms with Gasteiger partial charge in [-0.3, -0.25) is 4.79 Å². The SMILES string of the molecule is O=C(/C=C\c1ccccc1F)NC(c1ccc2ccccc2c1)C(O)CO. The van der Waals surface area contributed by atoms with Crippen LogP contribution in [0.4, 0.5) is 4.39 Å². The number of hydrogen-bond acceptors (Lipinski definition) is 3. The van der Waals surface area contributed by atoms with Gasteiger partial charge in [-0.15, -0.1) is 0 Å². The Balaban J connectivity index is 1.82. The van der Waals surface area contributed by atoms with E-state index in [-0.39, 0.29) is 5.56 Å². The van der Waals surface area contributed by atoms with Crippen LogP contribution in [0.2, 0.25) is 0 Å². The van der Waals surface area contributed by atoms with E-state index in [1.165, 1.54) is 18.2 Å². The van der Waals surface area contributed by atoms with Gasteiger partial charge in [0.25, 0.3) is 0 Å². The summed E-state index contributed by atoms with van der Waals surface area (Å²) in [7, 11) is 0. The van der Waals surface area contributed by atoms with Gasteiger partial charge < -0.3 is 15.5 Å². The predicted octanol–water partition coefficient (Wildman–Crippen LogP) is 3.20. The topological polar surface area (TPSA) is 69.6 Å². The van der Waals surface area contributed by atoms with Crippen molar-refractivity contribution in [1.82, 2.24) is 5.32 Å². The minimum absolute atomic E-state index is 0.289. The molecule has 3 N–H and O–H groups in total. The summed E-state index contributed by atoms with van der Waals surface area (Å²) >= 11 is 0. The molecule has 0 aliphatic heterocycles. The molecule has 0 fully saturated rings. The van der Waals surface area contributed by atoms with Gasteiger partial charge in [0.1, 0.15) is 11.9 Å². The summed E-state index contributed by atoms with van der Waals surface area (Å²) in [5.74, 6) is -0.924. The van der Waals surface area contributed by atoms with Gasteiger partial charge in [0.15, 0.2) is 0 Å². The summed E-state index contributed by atoms with van der Waals surface area (Å²) in [6, 6.07) is 18.6. The molecule has 0 heterocycles. The number of nitrogens with one attached hydrogen (secondary N) is 1. The number of aliphatic hydroxyl groups is 2. The van der Waals surface area contributed by atoms with Crippen LogP contribution in [0.15, 0.2) is 72.8 Å². The largest absolute Gasteiger partial charge is 0.394 e. The van der Waals surface area contributed by atoms with Crippen LogP contribution in [0.5, 0.6) is 0 Å². The number of carbonyl (C=O) groups is 1. The van der Waals surface area contributed by atoms with Gasteiger partial charge in [0.2, 0.25) is 5.91 Å². The second-order valence-corrected chi connectivity index (χ2v) is 6.20. The van der Waals surface area contributed by atoms with E-state index in [1.54, 1.807) is 24.3 Å². The monoisotopic (exact) mass is 365 g/mol. The Hall–Kier alpha value is -3.02. The molecular formula is C22H20FNO3. The van der Waals surface area contributed by atoms with Crippen LogP contribution in [-0.2, 0) is 4.79 Å². The van der Waals surface area contributed by atoms with E-state index in [2.05, 4.69) is 5.32 Å². The molecular weight excluding hydrogens is 345 g/mol. The maximum Gasteiger partial charge on any atom is 0.244 e. The predicted molar refractivity (Wildman–Crippen MR) is 103 cm³/mol. The van der Waals surface area contributed by atoms with Crippen molar-refractivity contribution >= 4 is 22.8 Å². The first-order chi connectivity index (χ1) is 13.1. The van der Waals surface area contributed by atoms with E-state index in [4.69, 9.17) is 0 Å². The van der Waals surface area contributed by atoms with Crippen molar-refractivity contribution in [2.45, 2.75) is 12.1 Å². The summed E-state index contributed by atoms with van der Waals surface area (Å²) in [4.78, 5) is 12.3. The first kappa shape index (κ1) is 18.8. The zero-order chi connectivity index (χ0) is 19.2. The van der Waals surface area contributed by atoms with Gasteiger partial charge in [-0.25, -0.2) is 4.39 Å². The third kappa shape index (κ3) is 4.58. The Morgan fingerprint density at radius 3 is 2.48 bits per heavy atom. The summed E-state index contributed by atoms with van der Waals surface area (Å²) in [5, 5.41) is 24.2. The van der Waals surface area contributed by atoms with Crippen LogP contribution < -0.4 is 5.32 Å². The number of amides is 1. The molecule has 0 spiro atoms. The molecule has 0 aliphatic carbocycles. The van der Waals surface area contributed by atoms with E-state index in [0.717, 1.165) is 10.8 Å². The maximum absolute atomic E-state index is 13.6. The van der Waals surface area contributed by atoms with Crippen molar-refractivity contribution in [3.63, 3.8) is 0 Å². The van der Waals surface area contributed by atoms with E-state index in [9.17, 15) is 19.4 Å². The lowest BCUT2D eigenvalue weighted by Gasteiger charge is -2.23. The molecule has 1 amide bonds. The van der Waals surface area contributed by atoms with E-state index in [1.807, 2.05) is 36.4 Å². The maximum atomic E-state index is 13.6. The molecule has 27 heavy (non-hydrogen) atoms. The van der Waals surface area contributed by atoms with Crippen molar-refractivity contribution in [3.8, 4) is 0 Å². The fourth-order valence-corrected chi connectivity index (χ4v) is 2.89. The van der Waals surface area contributed by atoms with Gasteiger partial charge in [-0.05, 0) is 34.5 Å². The zero-order valence-electron chi connectivity index (χ0n) is 14.5. The van der Waals surface area contributed by atoms with Crippen molar-refractivity contribution in [2.24, 2.45) is 0 Å². The molecule has 0 aromatic heterocycles. The third-order valence-electron chi connectivity index (χ3n) is 4.32. The Labute approximate surface area is 156 Å². The lowest BCUT2D eigenvalue weighted by molar-refractivity contribution is -0.118. The van der Waals surface area contributed by atoms with Gasteiger partial charge in [0, 0.05) is 11.6 Å². The van der Waals surface area contributed by atoms with Crippen LogP contribution in [0.25, 0.3) is 16.8 Å². The highest BCUT2D eigenvalue weighted by molar-refractivity contribution is 5.92. The lowest BCUT2D eigenvalue weighted by atomic mass is 9.98. The molecule has 2 atom stereocenters. The summed E-state index contributed by atoms with van der Waals surface area (Å²) in [6.07, 6.45) is 1.40.